The molecule has 3 aromatic rings. The van der Waals surface area contributed by atoms with Crippen molar-refractivity contribution in [2.45, 2.75) is 45.7 Å². The van der Waals surface area contributed by atoms with Crippen LogP contribution >= 0.6 is 11.3 Å². The minimum atomic E-state index is 0.388. The van der Waals surface area contributed by atoms with Crippen LogP contribution in [0.25, 0.3) is 11.5 Å². The predicted molar refractivity (Wildman–Crippen MR) is 96.0 cm³/mol. The van der Waals surface area contributed by atoms with Gasteiger partial charge in [0.1, 0.15) is 6.26 Å². The number of hydrogen-bond donors (Lipinski definition) is 1. The second-order valence-corrected chi connectivity index (χ2v) is 7.61. The first-order valence-corrected chi connectivity index (χ1v) is 9.22. The molecule has 0 radical (unpaired) electrons. The van der Waals surface area contributed by atoms with Crippen molar-refractivity contribution in [2.75, 3.05) is 0 Å². The Hall–Kier alpha value is -1.98. The van der Waals surface area contributed by atoms with Gasteiger partial charge in [-0.1, -0.05) is 17.7 Å². The van der Waals surface area contributed by atoms with Gasteiger partial charge in [0.15, 0.2) is 0 Å². The zero-order valence-electron chi connectivity index (χ0n) is 14.0. The number of aryl methyl sites for hydroxylation is 3. The molecule has 0 bridgehead atoms. The summed E-state index contributed by atoms with van der Waals surface area (Å²) in [4.78, 5) is 10.7. The van der Waals surface area contributed by atoms with Crippen LogP contribution in [0.15, 0.2) is 34.9 Å². The normalized spacial score (nSPS) is 17.0. The van der Waals surface area contributed by atoms with Gasteiger partial charge in [-0.2, -0.15) is 0 Å². The second kappa shape index (κ2) is 6.49. The highest BCUT2D eigenvalue weighted by Crippen LogP contribution is 2.34. The molecule has 1 atom stereocenters. The molecular formula is C19H21N3OS. The molecular weight excluding hydrogens is 318 g/mol. The molecule has 0 spiro atoms. The van der Waals surface area contributed by atoms with Gasteiger partial charge in [-0.15, -0.1) is 11.3 Å². The topological polar surface area (TPSA) is 51.0 Å². The number of oxazole rings is 1. The zero-order chi connectivity index (χ0) is 16.5. The minimum absolute atomic E-state index is 0.388. The second-order valence-electron chi connectivity index (χ2n) is 6.38. The first kappa shape index (κ1) is 15.5. The largest absolute Gasteiger partial charge is 0.444 e. The highest BCUT2D eigenvalue weighted by Gasteiger charge is 2.23. The Bertz CT molecular complexity index is 835. The SMILES string of the molecule is Cc1ccc(-c2nc(CN[C@@H]3CCCc4nc(C)sc43)co2)cc1. The Kier molecular flexibility index (Phi) is 4.21. The van der Waals surface area contributed by atoms with E-state index < -0.39 is 0 Å². The van der Waals surface area contributed by atoms with Crippen LogP contribution in [-0.4, -0.2) is 9.97 Å². The number of benzene rings is 1. The molecule has 1 aromatic carbocycles. The molecule has 24 heavy (non-hydrogen) atoms. The number of thiazole rings is 1. The number of fused-ring (bicyclic) bond motifs is 1. The van der Waals surface area contributed by atoms with Crippen molar-refractivity contribution in [3.05, 3.63) is 57.4 Å². The average molecular weight is 339 g/mol. The van der Waals surface area contributed by atoms with Gasteiger partial charge in [-0.25, -0.2) is 9.97 Å². The van der Waals surface area contributed by atoms with Gasteiger partial charge in [-0.05, 0) is 45.2 Å². The fourth-order valence-corrected chi connectivity index (χ4v) is 4.26. The lowest BCUT2D eigenvalue weighted by Gasteiger charge is -2.22. The zero-order valence-corrected chi connectivity index (χ0v) is 14.8. The molecule has 0 fully saturated rings. The van der Waals surface area contributed by atoms with Crippen molar-refractivity contribution in [1.82, 2.24) is 15.3 Å². The predicted octanol–water partition coefficient (Wildman–Crippen LogP) is 4.58. The van der Waals surface area contributed by atoms with E-state index in [1.54, 1.807) is 6.26 Å². The lowest BCUT2D eigenvalue weighted by Crippen LogP contribution is -2.23. The van der Waals surface area contributed by atoms with Crippen LogP contribution in [0.1, 0.15) is 45.7 Å². The maximum Gasteiger partial charge on any atom is 0.226 e. The number of nitrogens with zero attached hydrogens (tertiary/aromatic N) is 2. The summed E-state index contributed by atoms with van der Waals surface area (Å²) in [5, 5.41) is 4.79. The van der Waals surface area contributed by atoms with E-state index >= 15 is 0 Å². The summed E-state index contributed by atoms with van der Waals surface area (Å²) in [6.45, 7) is 4.89. The van der Waals surface area contributed by atoms with Crippen molar-refractivity contribution >= 4 is 11.3 Å². The fraction of sp³-hybridized carbons (Fsp3) is 0.368. The van der Waals surface area contributed by atoms with E-state index in [-0.39, 0.29) is 0 Å². The Balaban J connectivity index is 1.45. The fourth-order valence-electron chi connectivity index (χ4n) is 3.18. The molecule has 0 unspecified atom stereocenters. The molecule has 1 aliphatic rings. The molecule has 1 aliphatic carbocycles. The van der Waals surface area contributed by atoms with E-state index in [2.05, 4.69) is 41.3 Å². The summed E-state index contributed by atoms with van der Waals surface area (Å²) in [6.07, 6.45) is 5.22. The standard InChI is InChI=1S/C19H21N3OS/c1-12-6-8-14(9-7-12)19-22-15(11-23-19)10-20-16-4-3-5-17-18(16)24-13(2)21-17/h6-9,11,16,20H,3-5,10H2,1-2H3/t16-/m1/s1. The van der Waals surface area contributed by atoms with E-state index in [4.69, 9.17) is 4.42 Å². The minimum Gasteiger partial charge on any atom is -0.444 e. The van der Waals surface area contributed by atoms with Gasteiger partial charge in [-0.3, -0.25) is 0 Å². The first-order valence-electron chi connectivity index (χ1n) is 8.40. The lowest BCUT2D eigenvalue weighted by molar-refractivity contribution is 0.459. The number of aromatic nitrogens is 2. The summed E-state index contributed by atoms with van der Waals surface area (Å²) >= 11 is 1.82. The highest BCUT2D eigenvalue weighted by atomic mass is 32.1. The van der Waals surface area contributed by atoms with Crippen LogP contribution in [-0.2, 0) is 13.0 Å². The third kappa shape index (κ3) is 3.14. The summed E-state index contributed by atoms with van der Waals surface area (Å²) in [6, 6.07) is 8.64. The highest BCUT2D eigenvalue weighted by molar-refractivity contribution is 7.11. The maximum absolute atomic E-state index is 5.64. The van der Waals surface area contributed by atoms with Crippen LogP contribution in [0.3, 0.4) is 0 Å². The number of hydrogen-bond acceptors (Lipinski definition) is 5. The molecule has 5 heteroatoms. The summed E-state index contributed by atoms with van der Waals surface area (Å²) in [5.41, 5.74) is 4.48. The molecule has 4 rings (SSSR count). The molecule has 4 nitrogen and oxygen atoms in total. The Labute approximate surface area is 146 Å². The maximum atomic E-state index is 5.64. The smallest absolute Gasteiger partial charge is 0.226 e. The van der Waals surface area contributed by atoms with Crippen molar-refractivity contribution < 1.29 is 4.42 Å². The van der Waals surface area contributed by atoms with Gasteiger partial charge in [0.2, 0.25) is 5.89 Å². The Morgan fingerprint density at radius 2 is 2.04 bits per heavy atom. The number of rotatable bonds is 4. The van der Waals surface area contributed by atoms with Gasteiger partial charge in [0.25, 0.3) is 0 Å². The van der Waals surface area contributed by atoms with Crippen molar-refractivity contribution in [1.29, 1.82) is 0 Å². The summed E-state index contributed by atoms with van der Waals surface area (Å²) < 4.78 is 5.64. The summed E-state index contributed by atoms with van der Waals surface area (Å²) in [7, 11) is 0. The van der Waals surface area contributed by atoms with Crippen LogP contribution in [0.2, 0.25) is 0 Å². The summed E-state index contributed by atoms with van der Waals surface area (Å²) in [5.74, 6) is 0.685. The van der Waals surface area contributed by atoms with Gasteiger partial charge >= 0.3 is 0 Å². The third-order valence-electron chi connectivity index (χ3n) is 4.44. The van der Waals surface area contributed by atoms with Crippen LogP contribution in [0.5, 0.6) is 0 Å². The van der Waals surface area contributed by atoms with Gasteiger partial charge in [0.05, 0.1) is 16.4 Å². The molecule has 0 saturated heterocycles. The van der Waals surface area contributed by atoms with Crippen molar-refractivity contribution in [2.24, 2.45) is 0 Å². The van der Waals surface area contributed by atoms with E-state index in [1.165, 1.54) is 22.6 Å². The van der Waals surface area contributed by atoms with E-state index in [1.807, 2.05) is 23.5 Å². The molecule has 2 aromatic heterocycles. The lowest BCUT2D eigenvalue weighted by atomic mass is 9.98. The Morgan fingerprint density at radius 1 is 1.21 bits per heavy atom. The number of nitrogens with one attached hydrogen (secondary N) is 1. The average Bonchev–Trinajstić information content (AvgIpc) is 3.19. The molecule has 1 N–H and O–H groups in total. The van der Waals surface area contributed by atoms with E-state index in [9.17, 15) is 0 Å². The molecule has 0 aliphatic heterocycles. The van der Waals surface area contributed by atoms with Gasteiger partial charge in [0, 0.05) is 23.0 Å². The van der Waals surface area contributed by atoms with E-state index in [0.717, 1.165) is 35.7 Å². The Morgan fingerprint density at radius 3 is 2.88 bits per heavy atom. The molecule has 0 saturated carbocycles. The molecule has 124 valence electrons. The quantitative estimate of drug-likeness (QED) is 0.756. The van der Waals surface area contributed by atoms with Crippen LogP contribution in [0.4, 0.5) is 0 Å². The molecule has 2 heterocycles. The van der Waals surface area contributed by atoms with Crippen molar-refractivity contribution in [3.8, 4) is 11.5 Å². The van der Waals surface area contributed by atoms with Crippen molar-refractivity contribution in [3.63, 3.8) is 0 Å². The monoisotopic (exact) mass is 339 g/mol. The molecule has 0 amide bonds. The third-order valence-corrected chi connectivity index (χ3v) is 5.56. The van der Waals surface area contributed by atoms with Crippen LogP contribution in [0, 0.1) is 13.8 Å². The van der Waals surface area contributed by atoms with E-state index in [0.29, 0.717) is 11.9 Å². The van der Waals surface area contributed by atoms with Gasteiger partial charge < -0.3 is 9.73 Å². The first-order chi connectivity index (χ1) is 11.7. The van der Waals surface area contributed by atoms with Crippen LogP contribution < -0.4 is 5.32 Å².